The molecule has 4 nitrogen and oxygen atoms in total. The Kier molecular flexibility index (Phi) is 4.49. The minimum atomic E-state index is -0.342. The summed E-state index contributed by atoms with van der Waals surface area (Å²) in [6.07, 6.45) is 0.701. The molecular weight excluding hydrogens is 236 g/mol. The van der Waals surface area contributed by atoms with E-state index in [9.17, 15) is 4.79 Å². The average molecular weight is 258 g/mol. The molecule has 1 rings (SSSR count). The lowest BCUT2D eigenvalue weighted by Gasteiger charge is -2.42. The predicted molar refractivity (Wildman–Crippen MR) is 71.8 cm³/mol. The van der Waals surface area contributed by atoms with Crippen LogP contribution in [0.4, 0.5) is 0 Å². The Morgan fingerprint density at radius 2 is 2.24 bits per heavy atom. The second-order valence-electron chi connectivity index (χ2n) is 5.27. The van der Waals surface area contributed by atoms with Crippen molar-refractivity contribution in [2.75, 3.05) is 13.1 Å². The van der Waals surface area contributed by atoms with Crippen LogP contribution in [-0.4, -0.2) is 40.6 Å². The van der Waals surface area contributed by atoms with Gasteiger partial charge in [0.15, 0.2) is 0 Å². The number of morpholine rings is 1. The Morgan fingerprint density at radius 3 is 2.65 bits per heavy atom. The molecule has 0 aromatic heterocycles. The molecule has 5 heteroatoms. The third kappa shape index (κ3) is 3.64. The first-order valence-corrected chi connectivity index (χ1v) is 6.43. The van der Waals surface area contributed by atoms with Crippen molar-refractivity contribution in [3.8, 4) is 0 Å². The number of rotatable bonds is 3. The van der Waals surface area contributed by atoms with E-state index in [2.05, 4.69) is 0 Å². The molecule has 0 radical (unpaired) electrons. The lowest BCUT2D eigenvalue weighted by atomic mass is 10.0. The van der Waals surface area contributed by atoms with Crippen LogP contribution < -0.4 is 5.73 Å². The van der Waals surface area contributed by atoms with Crippen LogP contribution in [0.3, 0.4) is 0 Å². The smallest absolute Gasteiger partial charge is 0.232 e. The molecule has 1 fully saturated rings. The first kappa shape index (κ1) is 14.4. The van der Waals surface area contributed by atoms with E-state index in [1.165, 1.54) is 0 Å². The summed E-state index contributed by atoms with van der Waals surface area (Å²) in [7, 11) is 0. The van der Waals surface area contributed by atoms with E-state index >= 15 is 0 Å². The topological polar surface area (TPSA) is 55.6 Å². The number of hydrogen-bond acceptors (Lipinski definition) is 3. The highest BCUT2D eigenvalue weighted by Crippen LogP contribution is 2.22. The van der Waals surface area contributed by atoms with Crippen molar-refractivity contribution >= 4 is 23.1 Å². The van der Waals surface area contributed by atoms with Gasteiger partial charge in [0, 0.05) is 13.1 Å². The van der Waals surface area contributed by atoms with Crippen molar-refractivity contribution in [3.05, 3.63) is 0 Å². The van der Waals surface area contributed by atoms with Crippen molar-refractivity contribution in [1.29, 1.82) is 0 Å². The molecule has 1 heterocycles. The van der Waals surface area contributed by atoms with Gasteiger partial charge in [0.25, 0.3) is 0 Å². The molecule has 0 spiro atoms. The molecule has 2 N–H and O–H groups in total. The third-order valence-corrected chi connectivity index (χ3v) is 3.22. The molecular formula is C12H22N2O2S. The van der Waals surface area contributed by atoms with E-state index in [0.29, 0.717) is 19.5 Å². The second kappa shape index (κ2) is 5.31. The molecule has 98 valence electrons. The maximum atomic E-state index is 12.3. The highest BCUT2D eigenvalue weighted by molar-refractivity contribution is 7.80. The van der Waals surface area contributed by atoms with Gasteiger partial charge in [0.05, 0.1) is 22.6 Å². The summed E-state index contributed by atoms with van der Waals surface area (Å²) in [6.45, 7) is 9.09. The molecule has 0 aromatic rings. The molecule has 1 aliphatic rings. The van der Waals surface area contributed by atoms with E-state index in [1.807, 2.05) is 32.6 Å². The van der Waals surface area contributed by atoms with Crippen LogP contribution in [0.5, 0.6) is 0 Å². The van der Waals surface area contributed by atoms with Crippen LogP contribution in [0.25, 0.3) is 0 Å². The maximum Gasteiger partial charge on any atom is 0.232 e. The van der Waals surface area contributed by atoms with E-state index < -0.39 is 0 Å². The van der Waals surface area contributed by atoms with Crippen LogP contribution >= 0.6 is 12.2 Å². The second-order valence-corrected chi connectivity index (χ2v) is 5.74. The van der Waals surface area contributed by atoms with Crippen molar-refractivity contribution in [2.24, 2.45) is 11.7 Å². The van der Waals surface area contributed by atoms with Crippen LogP contribution in [-0.2, 0) is 9.53 Å². The molecule has 1 saturated heterocycles. The zero-order chi connectivity index (χ0) is 13.2. The summed E-state index contributed by atoms with van der Waals surface area (Å²) >= 11 is 4.95. The summed E-state index contributed by atoms with van der Waals surface area (Å²) < 4.78 is 5.77. The fraction of sp³-hybridized carbons (Fsp3) is 0.833. The molecule has 1 aliphatic heterocycles. The van der Waals surface area contributed by atoms with Crippen LogP contribution in [0.1, 0.15) is 34.1 Å². The average Bonchev–Trinajstić information content (AvgIpc) is 2.14. The molecule has 2 unspecified atom stereocenters. The lowest BCUT2D eigenvalue weighted by molar-refractivity contribution is -0.159. The Bertz CT molecular complexity index is 318. The standard InChI is InChI=1S/C12H22N2O2S/c1-5-9(10(13)17)11(15)14-6-8(2)16-12(3,4)7-14/h8-9H,5-7H2,1-4H3,(H2,13,17). The SMILES string of the molecule is CCC(C(=O)N1CC(C)OC(C)(C)C1)C(N)=S. The quantitative estimate of drug-likeness (QED) is 0.776. The molecule has 0 saturated carbocycles. The van der Waals surface area contributed by atoms with Gasteiger partial charge in [0.2, 0.25) is 5.91 Å². The van der Waals surface area contributed by atoms with Crippen LogP contribution in [0.2, 0.25) is 0 Å². The largest absolute Gasteiger partial charge is 0.393 e. The minimum Gasteiger partial charge on any atom is -0.393 e. The van der Waals surface area contributed by atoms with Crippen molar-refractivity contribution in [2.45, 2.75) is 45.8 Å². The number of thiocarbonyl (C=S) groups is 1. The summed E-state index contributed by atoms with van der Waals surface area (Å²) in [5.74, 6) is -0.311. The Morgan fingerprint density at radius 1 is 1.65 bits per heavy atom. The minimum absolute atomic E-state index is 0.0308. The fourth-order valence-corrected chi connectivity index (χ4v) is 2.61. The normalized spacial score (nSPS) is 25.4. The summed E-state index contributed by atoms with van der Waals surface area (Å²) in [4.78, 5) is 14.4. The highest BCUT2D eigenvalue weighted by atomic mass is 32.1. The number of amides is 1. The zero-order valence-corrected chi connectivity index (χ0v) is 11.8. The van der Waals surface area contributed by atoms with E-state index in [4.69, 9.17) is 22.7 Å². The van der Waals surface area contributed by atoms with Gasteiger partial charge in [-0.15, -0.1) is 0 Å². The van der Waals surface area contributed by atoms with Gasteiger partial charge in [-0.3, -0.25) is 4.79 Å². The first-order valence-electron chi connectivity index (χ1n) is 6.02. The molecule has 0 aliphatic carbocycles. The van der Waals surface area contributed by atoms with Gasteiger partial charge in [-0.1, -0.05) is 19.1 Å². The molecule has 1 amide bonds. The van der Waals surface area contributed by atoms with Crippen LogP contribution in [0.15, 0.2) is 0 Å². The molecule has 2 atom stereocenters. The van der Waals surface area contributed by atoms with Gasteiger partial charge in [-0.2, -0.15) is 0 Å². The summed E-state index contributed by atoms with van der Waals surface area (Å²) in [5.41, 5.74) is 5.31. The summed E-state index contributed by atoms with van der Waals surface area (Å²) in [6, 6.07) is 0. The summed E-state index contributed by atoms with van der Waals surface area (Å²) in [5, 5.41) is 0. The molecule has 0 bridgehead atoms. The number of ether oxygens (including phenoxy) is 1. The van der Waals surface area contributed by atoms with Gasteiger partial charge >= 0.3 is 0 Å². The van der Waals surface area contributed by atoms with Crippen LogP contribution in [0, 0.1) is 5.92 Å². The zero-order valence-electron chi connectivity index (χ0n) is 11.0. The number of hydrogen-bond donors (Lipinski definition) is 1. The van der Waals surface area contributed by atoms with Gasteiger partial charge in [-0.05, 0) is 27.2 Å². The Hall–Kier alpha value is -0.680. The maximum absolute atomic E-state index is 12.3. The van der Waals surface area contributed by atoms with Gasteiger partial charge in [-0.25, -0.2) is 0 Å². The third-order valence-electron chi connectivity index (χ3n) is 2.93. The van der Waals surface area contributed by atoms with Crippen molar-refractivity contribution in [3.63, 3.8) is 0 Å². The molecule has 0 aromatic carbocycles. The van der Waals surface area contributed by atoms with Crippen molar-refractivity contribution in [1.82, 2.24) is 4.90 Å². The van der Waals surface area contributed by atoms with E-state index in [-0.39, 0.29) is 28.5 Å². The molecule has 17 heavy (non-hydrogen) atoms. The van der Waals surface area contributed by atoms with Gasteiger partial charge in [0.1, 0.15) is 0 Å². The number of carbonyl (C=O) groups excluding carboxylic acids is 1. The number of nitrogens with zero attached hydrogens (tertiary/aromatic N) is 1. The monoisotopic (exact) mass is 258 g/mol. The number of nitrogens with two attached hydrogens (primary N) is 1. The van der Waals surface area contributed by atoms with Crippen molar-refractivity contribution < 1.29 is 9.53 Å². The lowest BCUT2D eigenvalue weighted by Crippen LogP contribution is -2.56. The van der Waals surface area contributed by atoms with E-state index in [1.54, 1.807) is 0 Å². The first-order chi connectivity index (χ1) is 7.76. The Balaban J connectivity index is 2.78. The predicted octanol–water partition coefficient (Wildman–Crippen LogP) is 1.32. The Labute approximate surface area is 108 Å². The van der Waals surface area contributed by atoms with E-state index in [0.717, 1.165) is 0 Å². The number of carbonyl (C=O) groups is 1. The highest BCUT2D eigenvalue weighted by Gasteiger charge is 2.36. The fourth-order valence-electron chi connectivity index (χ4n) is 2.34. The van der Waals surface area contributed by atoms with Gasteiger partial charge < -0.3 is 15.4 Å².